The highest BCUT2D eigenvalue weighted by atomic mass is 35.5. The number of alkyl halides is 3. The van der Waals surface area contributed by atoms with Crippen LogP contribution in [0.4, 0.5) is 23.7 Å². The molecule has 1 aliphatic heterocycles. The van der Waals surface area contributed by atoms with Crippen molar-refractivity contribution in [3.63, 3.8) is 0 Å². The molecule has 1 fully saturated rings. The number of halogens is 4. The normalized spacial score (nSPS) is 19.3. The largest absolute Gasteiger partial charge is 0.416 e. The lowest BCUT2D eigenvalue weighted by Crippen LogP contribution is -2.42. The number of hydrogen-bond donors (Lipinski definition) is 2. The number of imide groups is 1. The Kier molecular flexibility index (Phi) is 5.27. The van der Waals surface area contributed by atoms with Gasteiger partial charge < -0.3 is 10.6 Å². The van der Waals surface area contributed by atoms with E-state index in [0.717, 1.165) is 18.2 Å². The maximum atomic E-state index is 12.8. The van der Waals surface area contributed by atoms with E-state index in [0.29, 0.717) is 15.5 Å². The van der Waals surface area contributed by atoms with Gasteiger partial charge in [0.2, 0.25) is 5.91 Å². The zero-order valence-electron chi connectivity index (χ0n) is 15.0. The molecule has 2 aromatic rings. The molecule has 1 saturated heterocycles. The summed E-state index contributed by atoms with van der Waals surface area (Å²) in [4.78, 5) is 38.0. The zero-order valence-corrected chi connectivity index (χ0v) is 15.8. The molecule has 6 nitrogen and oxygen atoms in total. The van der Waals surface area contributed by atoms with Gasteiger partial charge in [-0.2, -0.15) is 13.2 Å². The molecule has 2 aromatic carbocycles. The molecule has 0 saturated carbocycles. The number of anilines is 1. The van der Waals surface area contributed by atoms with Gasteiger partial charge in [0.25, 0.3) is 5.91 Å². The van der Waals surface area contributed by atoms with Crippen molar-refractivity contribution in [2.75, 3.05) is 11.9 Å². The molecule has 1 unspecified atom stereocenters. The van der Waals surface area contributed by atoms with E-state index in [-0.39, 0.29) is 5.69 Å². The van der Waals surface area contributed by atoms with Crippen molar-refractivity contribution in [1.82, 2.24) is 10.2 Å². The molecule has 1 aliphatic rings. The van der Waals surface area contributed by atoms with E-state index in [9.17, 15) is 27.6 Å². The quantitative estimate of drug-likeness (QED) is 0.732. The van der Waals surface area contributed by atoms with Gasteiger partial charge in [-0.25, -0.2) is 4.79 Å². The van der Waals surface area contributed by atoms with Crippen LogP contribution in [0.15, 0.2) is 48.5 Å². The molecule has 3 rings (SSSR count). The summed E-state index contributed by atoms with van der Waals surface area (Å²) >= 11 is 5.84. The Morgan fingerprint density at radius 1 is 1.17 bits per heavy atom. The summed E-state index contributed by atoms with van der Waals surface area (Å²) in [5.41, 5.74) is -1.95. The van der Waals surface area contributed by atoms with E-state index < -0.39 is 41.7 Å². The summed E-state index contributed by atoms with van der Waals surface area (Å²) in [7, 11) is 0. The van der Waals surface area contributed by atoms with Crippen LogP contribution in [0.2, 0.25) is 5.02 Å². The molecular weight excluding hydrogens is 411 g/mol. The fraction of sp³-hybridized carbons (Fsp3) is 0.211. The molecule has 0 aliphatic carbocycles. The summed E-state index contributed by atoms with van der Waals surface area (Å²) in [6, 6.07) is 9.54. The van der Waals surface area contributed by atoms with Gasteiger partial charge in [-0.1, -0.05) is 29.8 Å². The standard InChI is InChI=1S/C19H15ClF3N3O3/c1-18(11-5-7-13(20)8-6-11)16(28)26(17(29)25-18)10-15(27)24-14-4-2-3-12(9-14)19(21,22)23/h2-9H,10H2,1H3,(H,24,27)(H,25,29). The summed E-state index contributed by atoms with van der Waals surface area (Å²) in [6.07, 6.45) is -4.56. The van der Waals surface area contributed by atoms with Gasteiger partial charge in [-0.3, -0.25) is 14.5 Å². The Balaban J connectivity index is 1.73. The van der Waals surface area contributed by atoms with Crippen molar-refractivity contribution in [3.8, 4) is 0 Å². The number of nitrogens with zero attached hydrogens (tertiary/aromatic N) is 1. The summed E-state index contributed by atoms with van der Waals surface area (Å²) < 4.78 is 38.3. The van der Waals surface area contributed by atoms with Crippen LogP contribution in [0.1, 0.15) is 18.1 Å². The van der Waals surface area contributed by atoms with Gasteiger partial charge in [-0.05, 0) is 42.8 Å². The van der Waals surface area contributed by atoms with Crippen LogP contribution >= 0.6 is 11.6 Å². The minimum atomic E-state index is -4.56. The predicted octanol–water partition coefficient (Wildman–Crippen LogP) is 3.76. The molecule has 4 amide bonds. The maximum Gasteiger partial charge on any atom is 0.416 e. The number of carbonyl (C=O) groups excluding carboxylic acids is 3. The third-order valence-corrected chi connectivity index (χ3v) is 4.72. The van der Waals surface area contributed by atoms with Crippen LogP contribution in [0, 0.1) is 0 Å². The van der Waals surface area contributed by atoms with Crippen LogP contribution in [0.3, 0.4) is 0 Å². The zero-order chi connectivity index (χ0) is 21.4. The van der Waals surface area contributed by atoms with Crippen molar-refractivity contribution in [1.29, 1.82) is 0 Å². The maximum absolute atomic E-state index is 12.8. The third kappa shape index (κ3) is 4.19. The van der Waals surface area contributed by atoms with E-state index in [2.05, 4.69) is 10.6 Å². The molecule has 0 radical (unpaired) electrons. The van der Waals surface area contributed by atoms with Crippen LogP contribution in [-0.2, 0) is 21.3 Å². The number of rotatable bonds is 4. The highest BCUT2D eigenvalue weighted by molar-refractivity contribution is 6.30. The fourth-order valence-electron chi connectivity index (χ4n) is 2.94. The highest BCUT2D eigenvalue weighted by Gasteiger charge is 2.49. The van der Waals surface area contributed by atoms with Crippen LogP contribution < -0.4 is 10.6 Å². The first-order valence-electron chi connectivity index (χ1n) is 8.38. The first kappa shape index (κ1) is 20.7. The van der Waals surface area contributed by atoms with Crippen molar-refractivity contribution in [2.45, 2.75) is 18.6 Å². The van der Waals surface area contributed by atoms with E-state index in [1.54, 1.807) is 24.3 Å². The molecule has 0 spiro atoms. The number of urea groups is 1. The summed E-state index contributed by atoms with van der Waals surface area (Å²) in [6.45, 7) is 0.839. The van der Waals surface area contributed by atoms with Gasteiger partial charge in [0.1, 0.15) is 12.1 Å². The fourth-order valence-corrected chi connectivity index (χ4v) is 3.06. The van der Waals surface area contributed by atoms with Crippen LogP contribution in [0.25, 0.3) is 0 Å². The van der Waals surface area contributed by atoms with Gasteiger partial charge in [0.15, 0.2) is 0 Å². The number of nitrogens with one attached hydrogen (secondary N) is 2. The lowest BCUT2D eigenvalue weighted by Gasteiger charge is -2.22. The topological polar surface area (TPSA) is 78.5 Å². The first-order valence-corrected chi connectivity index (χ1v) is 8.76. The van der Waals surface area contributed by atoms with Crippen molar-refractivity contribution >= 4 is 35.1 Å². The Morgan fingerprint density at radius 2 is 1.83 bits per heavy atom. The average Bonchev–Trinajstić information content (AvgIpc) is 2.86. The molecule has 0 aromatic heterocycles. The number of carbonyl (C=O) groups is 3. The molecule has 10 heteroatoms. The molecule has 1 heterocycles. The molecule has 2 N–H and O–H groups in total. The minimum Gasteiger partial charge on any atom is -0.325 e. The molecular formula is C19H15ClF3N3O3. The Hall–Kier alpha value is -3.07. The van der Waals surface area contributed by atoms with E-state index in [4.69, 9.17) is 11.6 Å². The number of benzene rings is 2. The Labute approximate surface area is 168 Å². The second-order valence-corrected chi connectivity index (χ2v) is 7.02. The molecule has 152 valence electrons. The first-order chi connectivity index (χ1) is 13.5. The number of hydrogen-bond acceptors (Lipinski definition) is 3. The highest BCUT2D eigenvalue weighted by Crippen LogP contribution is 2.31. The van der Waals surface area contributed by atoms with Gasteiger partial charge in [-0.15, -0.1) is 0 Å². The van der Waals surface area contributed by atoms with Gasteiger partial charge in [0, 0.05) is 10.7 Å². The second-order valence-electron chi connectivity index (χ2n) is 6.58. The summed E-state index contributed by atoms with van der Waals surface area (Å²) in [5.74, 6) is -1.47. The van der Waals surface area contributed by atoms with E-state index >= 15 is 0 Å². The van der Waals surface area contributed by atoms with Gasteiger partial charge >= 0.3 is 12.2 Å². The minimum absolute atomic E-state index is 0.0997. The smallest absolute Gasteiger partial charge is 0.325 e. The summed E-state index contributed by atoms with van der Waals surface area (Å²) in [5, 5.41) is 5.25. The third-order valence-electron chi connectivity index (χ3n) is 4.47. The van der Waals surface area contributed by atoms with Crippen molar-refractivity contribution in [3.05, 3.63) is 64.7 Å². The lowest BCUT2D eigenvalue weighted by molar-refractivity contribution is -0.137. The molecule has 0 bridgehead atoms. The lowest BCUT2D eigenvalue weighted by atomic mass is 9.92. The Bertz CT molecular complexity index is 979. The average molecular weight is 426 g/mol. The molecule has 1 atom stereocenters. The van der Waals surface area contributed by atoms with Crippen LogP contribution in [0.5, 0.6) is 0 Å². The SMILES string of the molecule is CC1(c2ccc(Cl)cc2)NC(=O)N(CC(=O)Nc2cccc(C(F)(F)F)c2)C1=O. The Morgan fingerprint density at radius 3 is 2.45 bits per heavy atom. The van der Waals surface area contributed by atoms with E-state index in [1.807, 2.05) is 0 Å². The number of amides is 4. The van der Waals surface area contributed by atoms with Gasteiger partial charge in [0.05, 0.1) is 5.56 Å². The molecule has 29 heavy (non-hydrogen) atoms. The predicted molar refractivity (Wildman–Crippen MR) is 99.1 cm³/mol. The second kappa shape index (κ2) is 7.40. The monoisotopic (exact) mass is 425 g/mol. The van der Waals surface area contributed by atoms with Crippen LogP contribution in [-0.4, -0.2) is 29.3 Å². The van der Waals surface area contributed by atoms with E-state index in [1.165, 1.54) is 13.0 Å². The van der Waals surface area contributed by atoms with Crippen molar-refractivity contribution < 1.29 is 27.6 Å². The van der Waals surface area contributed by atoms with Crippen molar-refractivity contribution in [2.24, 2.45) is 0 Å².